The smallest absolute Gasteiger partial charge is 0.307 e. The molecule has 0 amide bonds. The Balaban J connectivity index is 2.11. The van der Waals surface area contributed by atoms with E-state index < -0.39 is 5.97 Å². The normalized spacial score (nSPS) is 10.4. The molecule has 0 bridgehead atoms. The summed E-state index contributed by atoms with van der Waals surface area (Å²) in [5.41, 5.74) is 1.72. The minimum Gasteiger partial charge on any atom is -0.508 e. The summed E-state index contributed by atoms with van der Waals surface area (Å²) in [7, 11) is 0. The van der Waals surface area contributed by atoms with E-state index in [1.165, 1.54) is 0 Å². The Hall–Kier alpha value is -1.94. The highest BCUT2D eigenvalue weighted by atomic mass is 32.2. The summed E-state index contributed by atoms with van der Waals surface area (Å²) in [6.07, 6.45) is 0.835. The van der Waals surface area contributed by atoms with Crippen molar-refractivity contribution in [2.24, 2.45) is 0 Å². The number of carboxylic acids is 1. The van der Waals surface area contributed by atoms with Gasteiger partial charge in [-0.15, -0.1) is 0 Å². The predicted molar refractivity (Wildman–Crippen MR) is 79.4 cm³/mol. The monoisotopic (exact) mass is 288 g/mol. The molecule has 3 nitrogen and oxygen atoms in total. The second-order valence-corrected chi connectivity index (χ2v) is 5.61. The Labute approximate surface area is 122 Å². The average Bonchev–Trinajstić information content (AvgIpc) is 2.42. The van der Waals surface area contributed by atoms with Gasteiger partial charge in [-0.3, -0.25) is 4.79 Å². The van der Waals surface area contributed by atoms with E-state index in [9.17, 15) is 9.90 Å². The van der Waals surface area contributed by atoms with Crippen molar-refractivity contribution < 1.29 is 15.0 Å². The summed E-state index contributed by atoms with van der Waals surface area (Å²) in [6.45, 7) is 2.00. The average molecular weight is 288 g/mol. The van der Waals surface area contributed by atoms with Crippen LogP contribution in [0, 0.1) is 0 Å². The fourth-order valence-corrected chi connectivity index (χ4v) is 2.78. The number of phenolic OH excluding ortho intramolecular Hbond substituents is 1. The summed E-state index contributed by atoms with van der Waals surface area (Å²) < 4.78 is 0. The molecule has 4 heteroatoms. The van der Waals surface area contributed by atoms with Crippen LogP contribution >= 0.6 is 11.8 Å². The number of hydrogen-bond donors (Lipinski definition) is 2. The van der Waals surface area contributed by atoms with E-state index in [0.717, 1.165) is 27.3 Å². The molecular formula is C16H16O3S. The van der Waals surface area contributed by atoms with E-state index >= 15 is 0 Å². The largest absolute Gasteiger partial charge is 0.508 e. The number of rotatable bonds is 5. The summed E-state index contributed by atoms with van der Waals surface area (Å²) in [5.74, 6) is -0.495. The Morgan fingerprint density at radius 1 is 1.10 bits per heavy atom. The molecule has 0 atom stereocenters. The quantitative estimate of drug-likeness (QED) is 0.880. The standard InChI is InChI=1S/C16H16O3S/c1-2-12-10-14(7-8-15(12)17)20-13-5-3-11(4-6-13)9-16(18)19/h3-8,10,17H,2,9H2,1H3,(H,18,19). The molecule has 0 heterocycles. The number of aryl methyl sites for hydroxylation is 1. The third kappa shape index (κ3) is 3.78. The van der Waals surface area contributed by atoms with Gasteiger partial charge in [0, 0.05) is 9.79 Å². The lowest BCUT2D eigenvalue weighted by Gasteiger charge is -2.06. The first kappa shape index (κ1) is 14.5. The maximum absolute atomic E-state index is 10.6. The molecule has 20 heavy (non-hydrogen) atoms. The van der Waals surface area contributed by atoms with E-state index in [2.05, 4.69) is 0 Å². The number of hydrogen-bond acceptors (Lipinski definition) is 3. The lowest BCUT2D eigenvalue weighted by atomic mass is 10.1. The highest BCUT2D eigenvalue weighted by Gasteiger charge is 2.04. The molecule has 0 spiro atoms. The van der Waals surface area contributed by atoms with E-state index in [0.29, 0.717) is 5.75 Å². The van der Waals surface area contributed by atoms with Crippen molar-refractivity contribution in [3.05, 3.63) is 53.6 Å². The molecule has 0 aliphatic heterocycles. The first-order valence-corrected chi connectivity index (χ1v) is 7.20. The molecule has 104 valence electrons. The van der Waals surface area contributed by atoms with E-state index in [1.807, 2.05) is 43.3 Å². The van der Waals surface area contributed by atoms with Gasteiger partial charge in [-0.25, -0.2) is 0 Å². The molecule has 2 N–H and O–H groups in total. The highest BCUT2D eigenvalue weighted by molar-refractivity contribution is 7.99. The van der Waals surface area contributed by atoms with E-state index in [-0.39, 0.29) is 6.42 Å². The van der Waals surface area contributed by atoms with Crippen molar-refractivity contribution in [3.63, 3.8) is 0 Å². The molecule has 0 radical (unpaired) electrons. The molecule has 0 aromatic heterocycles. The van der Waals surface area contributed by atoms with Crippen LogP contribution < -0.4 is 0 Å². The maximum Gasteiger partial charge on any atom is 0.307 e. The zero-order valence-corrected chi connectivity index (χ0v) is 12.0. The van der Waals surface area contributed by atoms with Crippen LogP contribution in [0.4, 0.5) is 0 Å². The first-order valence-electron chi connectivity index (χ1n) is 6.39. The van der Waals surface area contributed by atoms with Crippen molar-refractivity contribution in [2.45, 2.75) is 29.6 Å². The lowest BCUT2D eigenvalue weighted by molar-refractivity contribution is -0.136. The van der Waals surface area contributed by atoms with Crippen molar-refractivity contribution in [3.8, 4) is 5.75 Å². The summed E-state index contributed by atoms with van der Waals surface area (Å²) in [6, 6.07) is 13.1. The SMILES string of the molecule is CCc1cc(Sc2ccc(CC(=O)O)cc2)ccc1O. The molecule has 0 fully saturated rings. The van der Waals surface area contributed by atoms with Crippen molar-refractivity contribution in [1.29, 1.82) is 0 Å². The van der Waals surface area contributed by atoms with Gasteiger partial charge in [0.2, 0.25) is 0 Å². The van der Waals surface area contributed by atoms with Gasteiger partial charge in [-0.2, -0.15) is 0 Å². The van der Waals surface area contributed by atoms with Crippen LogP contribution in [0.5, 0.6) is 5.75 Å². The number of benzene rings is 2. The topological polar surface area (TPSA) is 57.5 Å². The Morgan fingerprint density at radius 2 is 1.75 bits per heavy atom. The Bertz CT molecular complexity index is 606. The van der Waals surface area contributed by atoms with E-state index in [1.54, 1.807) is 17.8 Å². The van der Waals surface area contributed by atoms with Gasteiger partial charge in [0.15, 0.2) is 0 Å². The number of aliphatic carboxylic acids is 1. The number of carboxylic acid groups (broad SMARTS) is 1. The fraction of sp³-hybridized carbons (Fsp3) is 0.188. The van der Waals surface area contributed by atoms with Gasteiger partial charge in [0.1, 0.15) is 5.75 Å². The Kier molecular flexibility index (Phi) is 4.69. The number of phenols is 1. The van der Waals surface area contributed by atoms with Crippen LogP contribution in [0.2, 0.25) is 0 Å². The lowest BCUT2D eigenvalue weighted by Crippen LogP contribution is -1.99. The van der Waals surface area contributed by atoms with Gasteiger partial charge in [-0.1, -0.05) is 30.8 Å². The summed E-state index contributed by atoms with van der Waals surface area (Å²) in [4.78, 5) is 12.7. The molecule has 0 aliphatic carbocycles. The minimum absolute atomic E-state index is 0.0458. The predicted octanol–water partition coefficient (Wildman–Crippen LogP) is 3.73. The van der Waals surface area contributed by atoms with Crippen molar-refractivity contribution in [2.75, 3.05) is 0 Å². The van der Waals surface area contributed by atoms with Crippen LogP contribution in [0.15, 0.2) is 52.3 Å². The fourth-order valence-electron chi connectivity index (χ4n) is 1.89. The number of carbonyl (C=O) groups is 1. The molecule has 0 aliphatic rings. The third-order valence-electron chi connectivity index (χ3n) is 2.95. The van der Waals surface area contributed by atoms with Crippen LogP contribution in [0.1, 0.15) is 18.1 Å². The molecular weight excluding hydrogens is 272 g/mol. The zero-order chi connectivity index (χ0) is 14.5. The van der Waals surface area contributed by atoms with Crippen LogP contribution in [-0.4, -0.2) is 16.2 Å². The molecule has 2 rings (SSSR count). The minimum atomic E-state index is -0.823. The molecule has 2 aromatic rings. The van der Waals surface area contributed by atoms with Gasteiger partial charge in [0.05, 0.1) is 6.42 Å². The van der Waals surface area contributed by atoms with Gasteiger partial charge in [0.25, 0.3) is 0 Å². The van der Waals surface area contributed by atoms with Crippen molar-refractivity contribution >= 4 is 17.7 Å². The van der Waals surface area contributed by atoms with Gasteiger partial charge >= 0.3 is 5.97 Å². The third-order valence-corrected chi connectivity index (χ3v) is 3.94. The first-order chi connectivity index (χ1) is 9.58. The number of aromatic hydroxyl groups is 1. The van der Waals surface area contributed by atoms with Gasteiger partial charge in [-0.05, 0) is 47.9 Å². The summed E-state index contributed by atoms with van der Waals surface area (Å²) in [5, 5.41) is 18.4. The van der Waals surface area contributed by atoms with Crippen molar-refractivity contribution in [1.82, 2.24) is 0 Å². The maximum atomic E-state index is 10.6. The second kappa shape index (κ2) is 6.48. The highest BCUT2D eigenvalue weighted by Crippen LogP contribution is 2.31. The molecule has 2 aromatic carbocycles. The van der Waals surface area contributed by atoms with Crippen LogP contribution in [-0.2, 0) is 17.6 Å². The molecule has 0 unspecified atom stereocenters. The van der Waals surface area contributed by atoms with Crippen LogP contribution in [0.25, 0.3) is 0 Å². The second-order valence-electron chi connectivity index (χ2n) is 4.46. The zero-order valence-electron chi connectivity index (χ0n) is 11.2. The van der Waals surface area contributed by atoms with E-state index in [4.69, 9.17) is 5.11 Å². The molecule has 0 saturated heterocycles. The van der Waals surface area contributed by atoms with Crippen LogP contribution in [0.3, 0.4) is 0 Å². The summed E-state index contributed by atoms with van der Waals surface area (Å²) >= 11 is 1.59. The Morgan fingerprint density at radius 3 is 2.35 bits per heavy atom. The molecule has 0 saturated carbocycles. The van der Waals surface area contributed by atoms with Gasteiger partial charge < -0.3 is 10.2 Å².